The Bertz CT molecular complexity index is 1050. The fourth-order valence-corrected chi connectivity index (χ4v) is 2.88. The molecule has 0 aliphatic carbocycles. The lowest BCUT2D eigenvalue weighted by Gasteiger charge is -2.13. The molecule has 29 heavy (non-hydrogen) atoms. The lowest BCUT2D eigenvalue weighted by atomic mass is 10.2. The largest absolute Gasteiger partial charge is 0.454 e. The molecule has 0 saturated heterocycles. The van der Waals surface area contributed by atoms with Gasteiger partial charge in [-0.05, 0) is 49.4 Å². The number of amides is 1. The predicted octanol–water partition coefficient (Wildman–Crippen LogP) is 3.58. The van der Waals surface area contributed by atoms with Crippen LogP contribution in [0, 0.1) is 6.92 Å². The van der Waals surface area contributed by atoms with Crippen LogP contribution < -0.4 is 25.0 Å². The van der Waals surface area contributed by atoms with Gasteiger partial charge in [-0.1, -0.05) is 0 Å². The molecule has 3 aromatic rings. The van der Waals surface area contributed by atoms with Gasteiger partial charge in [0.15, 0.2) is 11.5 Å². The highest BCUT2D eigenvalue weighted by Gasteiger charge is 2.15. The number of rotatable bonds is 5. The van der Waals surface area contributed by atoms with Crippen molar-refractivity contribution in [2.75, 3.05) is 36.4 Å². The first-order chi connectivity index (χ1) is 14.0. The van der Waals surface area contributed by atoms with Crippen molar-refractivity contribution >= 4 is 28.9 Å². The SMILES string of the molecule is Cc1cc(C(=O)Nc2ccc(N(C)C)cc2)nc(Nc2ccc3c(c2)OCO3)n1. The summed E-state index contributed by atoms with van der Waals surface area (Å²) in [6.07, 6.45) is 0. The normalized spacial score (nSPS) is 11.8. The van der Waals surface area contributed by atoms with Crippen LogP contribution in [-0.2, 0) is 0 Å². The topological polar surface area (TPSA) is 88.6 Å². The first kappa shape index (κ1) is 18.5. The molecule has 0 atom stereocenters. The number of aromatic nitrogens is 2. The van der Waals surface area contributed by atoms with Crippen LogP contribution in [0.3, 0.4) is 0 Å². The zero-order valence-corrected chi connectivity index (χ0v) is 16.4. The minimum atomic E-state index is -0.304. The molecular formula is C21H21N5O3. The van der Waals surface area contributed by atoms with Gasteiger partial charge in [-0.3, -0.25) is 4.79 Å². The Morgan fingerprint density at radius 2 is 1.69 bits per heavy atom. The molecule has 1 aromatic heterocycles. The molecule has 8 heteroatoms. The molecule has 2 aromatic carbocycles. The van der Waals surface area contributed by atoms with Crippen molar-refractivity contribution in [1.82, 2.24) is 9.97 Å². The Hall–Kier alpha value is -3.81. The molecule has 2 heterocycles. The Kier molecular flexibility index (Phi) is 4.90. The van der Waals surface area contributed by atoms with Gasteiger partial charge in [0.25, 0.3) is 5.91 Å². The number of nitrogens with zero attached hydrogens (tertiary/aromatic N) is 3. The molecule has 0 saturated carbocycles. The summed E-state index contributed by atoms with van der Waals surface area (Å²) in [6.45, 7) is 2.02. The number of ether oxygens (including phenoxy) is 2. The minimum Gasteiger partial charge on any atom is -0.454 e. The third kappa shape index (κ3) is 4.21. The number of hydrogen-bond donors (Lipinski definition) is 2. The van der Waals surface area contributed by atoms with Crippen LogP contribution in [0.5, 0.6) is 11.5 Å². The molecule has 1 aliphatic heterocycles. The Labute approximate surface area is 168 Å². The van der Waals surface area contributed by atoms with Crippen molar-refractivity contribution in [3.8, 4) is 11.5 Å². The zero-order valence-electron chi connectivity index (χ0n) is 16.4. The quantitative estimate of drug-likeness (QED) is 0.687. The predicted molar refractivity (Wildman–Crippen MR) is 111 cm³/mol. The van der Waals surface area contributed by atoms with Crippen LogP contribution in [0.25, 0.3) is 0 Å². The van der Waals surface area contributed by atoms with Gasteiger partial charge in [-0.2, -0.15) is 0 Å². The molecular weight excluding hydrogens is 370 g/mol. The summed E-state index contributed by atoms with van der Waals surface area (Å²) in [5.74, 6) is 1.38. The van der Waals surface area contributed by atoms with E-state index >= 15 is 0 Å². The summed E-state index contributed by atoms with van der Waals surface area (Å²) in [4.78, 5) is 23.4. The number of carbonyl (C=O) groups excluding carboxylic acids is 1. The summed E-state index contributed by atoms with van der Waals surface area (Å²) >= 11 is 0. The van der Waals surface area contributed by atoms with E-state index in [2.05, 4.69) is 20.6 Å². The number of aryl methyl sites for hydroxylation is 1. The summed E-state index contributed by atoms with van der Waals surface area (Å²) in [5, 5.41) is 5.97. The molecule has 4 rings (SSSR count). The summed E-state index contributed by atoms with van der Waals surface area (Å²) < 4.78 is 10.7. The highest BCUT2D eigenvalue weighted by molar-refractivity contribution is 6.03. The van der Waals surface area contributed by atoms with Crippen molar-refractivity contribution in [1.29, 1.82) is 0 Å². The molecule has 8 nitrogen and oxygen atoms in total. The molecule has 0 bridgehead atoms. The van der Waals surface area contributed by atoms with Gasteiger partial charge >= 0.3 is 0 Å². The van der Waals surface area contributed by atoms with Gasteiger partial charge in [-0.25, -0.2) is 9.97 Å². The second kappa shape index (κ2) is 7.67. The maximum atomic E-state index is 12.7. The molecule has 0 unspecified atom stereocenters. The van der Waals surface area contributed by atoms with Crippen LogP contribution in [0.15, 0.2) is 48.5 Å². The van der Waals surface area contributed by atoms with Crippen LogP contribution in [0.4, 0.5) is 23.0 Å². The van der Waals surface area contributed by atoms with Gasteiger partial charge in [-0.15, -0.1) is 0 Å². The van der Waals surface area contributed by atoms with Gasteiger partial charge in [0.2, 0.25) is 12.7 Å². The average Bonchev–Trinajstić information content (AvgIpc) is 3.16. The smallest absolute Gasteiger partial charge is 0.274 e. The number of benzene rings is 2. The van der Waals surface area contributed by atoms with Crippen molar-refractivity contribution in [2.24, 2.45) is 0 Å². The van der Waals surface area contributed by atoms with E-state index < -0.39 is 0 Å². The summed E-state index contributed by atoms with van der Waals surface area (Å²) in [6, 6.07) is 14.7. The van der Waals surface area contributed by atoms with Crippen LogP contribution in [-0.4, -0.2) is 36.8 Å². The second-order valence-corrected chi connectivity index (χ2v) is 6.81. The van der Waals surface area contributed by atoms with E-state index in [-0.39, 0.29) is 18.4 Å². The summed E-state index contributed by atoms with van der Waals surface area (Å²) in [5.41, 5.74) is 3.44. The maximum Gasteiger partial charge on any atom is 0.274 e. The van der Waals surface area contributed by atoms with Gasteiger partial charge in [0, 0.05) is 42.9 Å². The molecule has 0 fully saturated rings. The number of hydrogen-bond acceptors (Lipinski definition) is 7. The van der Waals surface area contributed by atoms with Crippen molar-refractivity contribution < 1.29 is 14.3 Å². The first-order valence-electron chi connectivity index (χ1n) is 9.09. The first-order valence-corrected chi connectivity index (χ1v) is 9.09. The monoisotopic (exact) mass is 391 g/mol. The fraction of sp³-hybridized carbons (Fsp3) is 0.190. The van der Waals surface area contributed by atoms with E-state index in [1.807, 2.05) is 62.3 Å². The van der Waals surface area contributed by atoms with Crippen LogP contribution >= 0.6 is 0 Å². The fourth-order valence-electron chi connectivity index (χ4n) is 2.88. The van der Waals surface area contributed by atoms with E-state index in [0.29, 0.717) is 28.8 Å². The molecule has 148 valence electrons. The second-order valence-electron chi connectivity index (χ2n) is 6.81. The van der Waals surface area contributed by atoms with E-state index in [1.165, 1.54) is 0 Å². The third-order valence-corrected chi connectivity index (χ3v) is 4.36. The summed E-state index contributed by atoms with van der Waals surface area (Å²) in [7, 11) is 3.93. The molecule has 0 radical (unpaired) electrons. The number of anilines is 4. The average molecular weight is 391 g/mol. The lowest BCUT2D eigenvalue weighted by molar-refractivity contribution is 0.102. The molecule has 2 N–H and O–H groups in total. The van der Waals surface area contributed by atoms with E-state index in [1.54, 1.807) is 12.1 Å². The van der Waals surface area contributed by atoms with E-state index in [4.69, 9.17) is 9.47 Å². The highest BCUT2D eigenvalue weighted by atomic mass is 16.7. The van der Waals surface area contributed by atoms with Crippen molar-refractivity contribution in [2.45, 2.75) is 6.92 Å². The van der Waals surface area contributed by atoms with Gasteiger partial charge in [0.1, 0.15) is 5.69 Å². The van der Waals surface area contributed by atoms with Gasteiger partial charge in [0.05, 0.1) is 0 Å². The molecule has 1 aliphatic rings. The molecule has 0 spiro atoms. The Morgan fingerprint density at radius 1 is 0.966 bits per heavy atom. The van der Waals surface area contributed by atoms with Crippen molar-refractivity contribution in [3.63, 3.8) is 0 Å². The van der Waals surface area contributed by atoms with Gasteiger partial charge < -0.3 is 25.0 Å². The Morgan fingerprint density at radius 3 is 2.45 bits per heavy atom. The number of fused-ring (bicyclic) bond motifs is 1. The standard InChI is InChI=1S/C21H21N5O3/c1-13-10-17(20(27)23-14-4-7-16(8-5-14)26(2)3)25-21(22-13)24-15-6-9-18-19(11-15)29-12-28-18/h4-11H,12H2,1-3H3,(H,23,27)(H,22,24,25). The Balaban J connectivity index is 1.50. The molecule has 1 amide bonds. The highest BCUT2D eigenvalue weighted by Crippen LogP contribution is 2.34. The number of nitrogens with one attached hydrogen (secondary N) is 2. The minimum absolute atomic E-state index is 0.208. The lowest BCUT2D eigenvalue weighted by Crippen LogP contribution is -2.15. The van der Waals surface area contributed by atoms with Crippen LogP contribution in [0.2, 0.25) is 0 Å². The zero-order chi connectivity index (χ0) is 20.4. The van der Waals surface area contributed by atoms with E-state index in [9.17, 15) is 4.79 Å². The number of carbonyl (C=O) groups is 1. The maximum absolute atomic E-state index is 12.7. The third-order valence-electron chi connectivity index (χ3n) is 4.36. The van der Waals surface area contributed by atoms with Crippen molar-refractivity contribution in [3.05, 3.63) is 59.9 Å². The van der Waals surface area contributed by atoms with E-state index in [0.717, 1.165) is 11.4 Å². The van der Waals surface area contributed by atoms with Crippen LogP contribution in [0.1, 0.15) is 16.2 Å².